The van der Waals surface area contributed by atoms with E-state index in [0.717, 1.165) is 89.9 Å². The van der Waals surface area contributed by atoms with Crippen molar-refractivity contribution in [3.8, 4) is 0 Å². The predicted molar refractivity (Wildman–Crippen MR) is 437 cm³/mol. The Bertz CT molecular complexity index is 2000. The van der Waals surface area contributed by atoms with Crippen molar-refractivity contribution in [1.29, 1.82) is 0 Å². The molecule has 2 unspecified atom stereocenters. The van der Waals surface area contributed by atoms with Crippen LogP contribution in [0, 0.1) is 0 Å². The smallest absolute Gasteiger partial charge is 0.462 e. The zero-order valence-electron chi connectivity index (χ0n) is 69.4. The zero-order valence-corrected chi connectivity index (χ0v) is 71.2. The molecular weight excluding hydrogens is 1380 g/mol. The Labute approximate surface area is 651 Å². The third kappa shape index (κ3) is 80.1. The third-order valence-electron chi connectivity index (χ3n) is 20.6. The number of ether oxygens (including phenoxy) is 4. The van der Waals surface area contributed by atoms with Crippen LogP contribution >= 0.6 is 15.6 Å². The van der Waals surface area contributed by atoms with Gasteiger partial charge in [-0.05, 0) is 25.7 Å². The molecule has 630 valence electrons. The molecule has 17 nitrogen and oxygen atoms in total. The van der Waals surface area contributed by atoms with Gasteiger partial charge in [-0.1, -0.05) is 426 Å². The summed E-state index contributed by atoms with van der Waals surface area (Å²) in [5, 5.41) is 10.7. The van der Waals surface area contributed by atoms with Gasteiger partial charge in [0, 0.05) is 25.7 Å². The minimum Gasteiger partial charge on any atom is -0.462 e. The molecule has 0 aromatic heterocycles. The molecular formula is C87H170O17P2. The molecule has 0 radical (unpaired) electrons. The maximum absolute atomic E-state index is 13.1. The summed E-state index contributed by atoms with van der Waals surface area (Å²) in [4.78, 5) is 73.1. The van der Waals surface area contributed by atoms with E-state index in [0.29, 0.717) is 25.7 Å². The molecule has 0 aliphatic rings. The van der Waals surface area contributed by atoms with Gasteiger partial charge in [0.15, 0.2) is 12.2 Å². The summed E-state index contributed by atoms with van der Waals surface area (Å²) in [7, 11) is -9.92. The van der Waals surface area contributed by atoms with Crippen LogP contribution in [-0.4, -0.2) is 96.7 Å². The van der Waals surface area contributed by atoms with Crippen LogP contribution in [0.1, 0.15) is 477 Å². The number of phosphoric acid groups is 2. The average molecular weight is 1550 g/mol. The first-order chi connectivity index (χ1) is 51.7. The molecule has 19 heteroatoms. The molecule has 106 heavy (non-hydrogen) atoms. The Morgan fingerprint density at radius 1 is 0.226 bits per heavy atom. The summed E-state index contributed by atoms with van der Waals surface area (Å²) in [6, 6.07) is 0. The lowest BCUT2D eigenvalue weighted by Gasteiger charge is -2.21. The lowest BCUT2D eigenvalue weighted by Crippen LogP contribution is -2.30. The van der Waals surface area contributed by atoms with Crippen molar-refractivity contribution >= 4 is 39.5 Å². The monoisotopic (exact) mass is 1550 g/mol. The van der Waals surface area contributed by atoms with Crippen molar-refractivity contribution in [2.24, 2.45) is 0 Å². The molecule has 0 amide bonds. The molecule has 5 atom stereocenters. The number of aliphatic hydroxyl groups excluding tert-OH is 1. The first kappa shape index (κ1) is 104. The van der Waals surface area contributed by atoms with Crippen LogP contribution in [0.5, 0.6) is 0 Å². The highest BCUT2D eigenvalue weighted by atomic mass is 31.2. The first-order valence-corrected chi connectivity index (χ1v) is 48.3. The van der Waals surface area contributed by atoms with Crippen molar-refractivity contribution in [3.63, 3.8) is 0 Å². The Balaban J connectivity index is 5.17. The number of esters is 4. The molecule has 0 fully saturated rings. The number of carbonyl (C=O) groups is 4. The van der Waals surface area contributed by atoms with Gasteiger partial charge in [-0.3, -0.25) is 37.3 Å². The molecule has 3 N–H and O–H groups in total. The van der Waals surface area contributed by atoms with Crippen LogP contribution in [0.15, 0.2) is 0 Å². The highest BCUT2D eigenvalue weighted by molar-refractivity contribution is 7.47. The minimum atomic E-state index is -4.96. The Morgan fingerprint density at radius 3 is 0.557 bits per heavy atom. The van der Waals surface area contributed by atoms with Crippen LogP contribution in [-0.2, 0) is 65.4 Å². The summed E-state index contributed by atoms with van der Waals surface area (Å²) < 4.78 is 68.8. The van der Waals surface area contributed by atoms with E-state index in [-0.39, 0.29) is 25.7 Å². The zero-order chi connectivity index (χ0) is 77.4. The van der Waals surface area contributed by atoms with Gasteiger partial charge in [0.1, 0.15) is 19.3 Å². The lowest BCUT2D eigenvalue weighted by atomic mass is 10.0. The maximum Gasteiger partial charge on any atom is 0.472 e. The summed E-state index contributed by atoms with van der Waals surface area (Å²) in [5.74, 6) is -2.10. The molecule has 0 rings (SSSR count). The van der Waals surface area contributed by atoms with E-state index < -0.39 is 97.5 Å². The van der Waals surface area contributed by atoms with E-state index in [1.54, 1.807) is 0 Å². The van der Waals surface area contributed by atoms with Crippen molar-refractivity contribution in [2.75, 3.05) is 39.6 Å². The van der Waals surface area contributed by atoms with Crippen LogP contribution in [0.2, 0.25) is 0 Å². The summed E-state index contributed by atoms with van der Waals surface area (Å²) in [5.41, 5.74) is 0. The fourth-order valence-corrected chi connectivity index (χ4v) is 15.3. The normalized spacial score (nSPS) is 13.7. The van der Waals surface area contributed by atoms with Gasteiger partial charge in [-0.15, -0.1) is 0 Å². The predicted octanol–water partition coefficient (Wildman–Crippen LogP) is 26.9. The average Bonchev–Trinajstić information content (AvgIpc) is 0.902. The fourth-order valence-electron chi connectivity index (χ4n) is 13.7. The topological polar surface area (TPSA) is 237 Å². The highest BCUT2D eigenvalue weighted by Crippen LogP contribution is 2.45. The number of aliphatic hydroxyl groups is 1. The van der Waals surface area contributed by atoms with Gasteiger partial charge >= 0.3 is 39.5 Å². The number of phosphoric ester groups is 2. The van der Waals surface area contributed by atoms with Crippen molar-refractivity contribution in [2.45, 2.75) is 495 Å². The molecule has 0 saturated heterocycles. The van der Waals surface area contributed by atoms with Gasteiger partial charge < -0.3 is 33.8 Å². The van der Waals surface area contributed by atoms with Crippen molar-refractivity contribution in [1.82, 2.24) is 0 Å². The van der Waals surface area contributed by atoms with Gasteiger partial charge in [-0.25, -0.2) is 9.13 Å². The molecule has 0 heterocycles. The number of rotatable bonds is 88. The molecule has 0 bridgehead atoms. The van der Waals surface area contributed by atoms with Crippen LogP contribution in [0.4, 0.5) is 0 Å². The standard InChI is InChI=1S/C87H170O17P2/c1-5-9-13-17-21-25-28-31-34-37-39-40-41-43-46-49-52-55-58-62-66-70-74-87(92)104-83(78-98-85(90)72-68-64-60-56-53-50-47-45-42-38-35-32-29-26-22-18-14-10-6-2)80-102-106(95,96)100-76-81(88)75-99-105(93,94)101-79-82(77-97-84(89)71-67-63-59-24-20-16-12-8-4)103-86(91)73-69-65-61-57-54-51-48-44-36-33-30-27-23-19-15-11-7-3/h81-83,88H,5-80H2,1-4H3,(H,93,94)(H,95,96)/t81-,82+,83+/m0/s1. The van der Waals surface area contributed by atoms with E-state index in [9.17, 15) is 43.2 Å². The lowest BCUT2D eigenvalue weighted by molar-refractivity contribution is -0.161. The van der Waals surface area contributed by atoms with Crippen LogP contribution in [0.25, 0.3) is 0 Å². The SMILES string of the molecule is CCCCCCCCCCCCCCCCCCCCCCCCC(=O)O[C@H](COC(=O)CCCCCCCCCCCCCCCCCCCCC)COP(=O)(O)OC[C@@H](O)COP(=O)(O)OC[C@@H](COC(=O)CCCCCCCCCC)OC(=O)CCCCCCCCCCCCCCCCCCC. The summed E-state index contributed by atoms with van der Waals surface area (Å²) >= 11 is 0. The molecule has 0 saturated carbocycles. The van der Waals surface area contributed by atoms with E-state index in [1.807, 2.05) is 0 Å². The van der Waals surface area contributed by atoms with E-state index >= 15 is 0 Å². The summed E-state index contributed by atoms with van der Waals surface area (Å²) in [6.07, 6.45) is 76.6. The Morgan fingerprint density at radius 2 is 0.377 bits per heavy atom. The third-order valence-corrected chi connectivity index (χ3v) is 22.5. The van der Waals surface area contributed by atoms with Gasteiger partial charge in [0.05, 0.1) is 26.4 Å². The van der Waals surface area contributed by atoms with Crippen molar-refractivity contribution in [3.05, 3.63) is 0 Å². The number of hydrogen-bond acceptors (Lipinski definition) is 15. The number of hydrogen-bond donors (Lipinski definition) is 3. The second-order valence-electron chi connectivity index (χ2n) is 31.3. The number of unbranched alkanes of at least 4 members (excludes halogenated alkanes) is 62. The second kappa shape index (κ2) is 81.1. The molecule has 0 aromatic carbocycles. The van der Waals surface area contributed by atoms with E-state index in [2.05, 4.69) is 27.7 Å². The molecule has 0 spiro atoms. The minimum absolute atomic E-state index is 0.109. The second-order valence-corrected chi connectivity index (χ2v) is 34.2. The number of carbonyl (C=O) groups excluding carboxylic acids is 4. The largest absolute Gasteiger partial charge is 0.472 e. The summed E-state index contributed by atoms with van der Waals surface area (Å²) in [6.45, 7) is 5.03. The van der Waals surface area contributed by atoms with Crippen LogP contribution in [0.3, 0.4) is 0 Å². The Hall–Kier alpha value is -1.94. The van der Waals surface area contributed by atoms with Gasteiger partial charge in [-0.2, -0.15) is 0 Å². The molecule has 0 aliphatic carbocycles. The maximum atomic E-state index is 13.1. The highest BCUT2D eigenvalue weighted by Gasteiger charge is 2.30. The molecule has 0 aliphatic heterocycles. The quantitative estimate of drug-likeness (QED) is 0.0222. The van der Waals surface area contributed by atoms with Crippen molar-refractivity contribution < 1.29 is 80.2 Å². The van der Waals surface area contributed by atoms with Gasteiger partial charge in [0.2, 0.25) is 0 Å². The molecule has 0 aromatic rings. The Kier molecular flexibility index (Phi) is 79.6. The first-order valence-electron chi connectivity index (χ1n) is 45.3. The van der Waals surface area contributed by atoms with E-state index in [4.69, 9.17) is 37.0 Å². The van der Waals surface area contributed by atoms with Gasteiger partial charge in [0.25, 0.3) is 0 Å². The van der Waals surface area contributed by atoms with Crippen LogP contribution < -0.4 is 0 Å². The van der Waals surface area contributed by atoms with E-state index in [1.165, 1.54) is 308 Å². The fraction of sp³-hybridized carbons (Fsp3) is 0.954.